The van der Waals surface area contributed by atoms with Gasteiger partial charge in [-0.1, -0.05) is 63.3 Å². The molecule has 5 heteroatoms. The fraction of sp³-hybridized carbons (Fsp3) is 0.727. The molecule has 1 aliphatic carbocycles. The van der Waals surface area contributed by atoms with Crippen LogP contribution in [0.25, 0.3) is 0 Å². The highest BCUT2D eigenvalue weighted by Crippen LogP contribution is 2.33. The monoisotopic (exact) mass is 380 g/mol. The van der Waals surface area contributed by atoms with Crippen LogP contribution in [0, 0.1) is 11.8 Å². The molecule has 0 aromatic heterocycles. The predicted molar refractivity (Wildman–Crippen MR) is 106 cm³/mol. The van der Waals surface area contributed by atoms with Crippen LogP contribution in [0.15, 0.2) is 24.3 Å². The minimum Gasteiger partial charge on any atom is -0.481 e. The average Bonchev–Trinajstić information content (AvgIpc) is 2.88. The topological polar surface area (TPSA) is 94.8 Å². The fourth-order valence-electron chi connectivity index (χ4n) is 3.57. The summed E-state index contributed by atoms with van der Waals surface area (Å²) in [6.45, 7) is 2.17. The summed E-state index contributed by atoms with van der Waals surface area (Å²) in [6, 6.07) is 0. The lowest BCUT2D eigenvalue weighted by Gasteiger charge is -2.16. The van der Waals surface area contributed by atoms with Crippen molar-refractivity contribution in [1.82, 2.24) is 0 Å². The van der Waals surface area contributed by atoms with Gasteiger partial charge in [0.15, 0.2) is 0 Å². The quantitative estimate of drug-likeness (QED) is 0.312. The molecule has 0 heterocycles. The van der Waals surface area contributed by atoms with Gasteiger partial charge in [0, 0.05) is 24.7 Å². The van der Waals surface area contributed by atoms with Gasteiger partial charge in [0.2, 0.25) is 0 Å². The van der Waals surface area contributed by atoms with Crippen molar-refractivity contribution in [2.45, 2.75) is 89.8 Å². The van der Waals surface area contributed by atoms with Gasteiger partial charge in [0.05, 0.1) is 12.2 Å². The molecule has 1 fully saturated rings. The van der Waals surface area contributed by atoms with E-state index in [0.717, 1.165) is 12.8 Å². The molecular formula is C22H36O5. The van der Waals surface area contributed by atoms with E-state index in [1.54, 1.807) is 6.08 Å². The lowest BCUT2D eigenvalue weighted by atomic mass is 9.90. The Balaban J connectivity index is 2.42. The average molecular weight is 381 g/mol. The molecule has 0 radical (unpaired) electrons. The van der Waals surface area contributed by atoms with E-state index in [4.69, 9.17) is 5.11 Å². The molecule has 0 aliphatic heterocycles. The minimum absolute atomic E-state index is 0.0568. The van der Waals surface area contributed by atoms with Gasteiger partial charge in [-0.05, 0) is 25.7 Å². The first-order valence-electron chi connectivity index (χ1n) is 10.4. The molecule has 27 heavy (non-hydrogen) atoms. The molecule has 2 unspecified atom stereocenters. The number of aliphatic hydroxyl groups is 2. The van der Waals surface area contributed by atoms with Gasteiger partial charge < -0.3 is 15.3 Å². The van der Waals surface area contributed by atoms with Crippen molar-refractivity contribution in [1.29, 1.82) is 0 Å². The number of rotatable bonds is 14. The number of carbonyl (C=O) groups excluding carboxylic acids is 1. The number of aliphatic carboxylic acids is 1. The molecule has 154 valence electrons. The molecule has 1 aliphatic rings. The number of hydrogen-bond donors (Lipinski definition) is 3. The van der Waals surface area contributed by atoms with Gasteiger partial charge in [-0.25, -0.2) is 0 Å². The van der Waals surface area contributed by atoms with Crippen LogP contribution < -0.4 is 0 Å². The summed E-state index contributed by atoms with van der Waals surface area (Å²) >= 11 is 0. The summed E-state index contributed by atoms with van der Waals surface area (Å²) in [6.07, 6.45) is 14.7. The standard InChI is InChI=1S/C22H36O5/c1-2-3-4-5-8-11-17(23)14-15-19-18(20(24)16-21(19)25)12-9-6-7-10-13-22(26)27/h6,9,14-15,17-19,21,23,25H,2-5,7-8,10-13,16H2,1H3,(H,26,27)/b9-6-,15-14+/t17?,18-,19-,21?/m1/s1. The van der Waals surface area contributed by atoms with E-state index in [2.05, 4.69) is 6.92 Å². The van der Waals surface area contributed by atoms with E-state index in [1.807, 2.05) is 18.2 Å². The van der Waals surface area contributed by atoms with Gasteiger partial charge in [-0.3, -0.25) is 9.59 Å². The number of Topliss-reactive ketones (excluding diaryl/α,β-unsaturated/α-hetero) is 1. The molecule has 0 aromatic carbocycles. The number of unbranched alkanes of at least 4 members (excludes halogenated alkanes) is 5. The van der Waals surface area contributed by atoms with Gasteiger partial charge in [-0.2, -0.15) is 0 Å². The maximum Gasteiger partial charge on any atom is 0.303 e. The smallest absolute Gasteiger partial charge is 0.303 e. The van der Waals surface area contributed by atoms with Crippen LogP contribution in [0.4, 0.5) is 0 Å². The van der Waals surface area contributed by atoms with Gasteiger partial charge in [0.25, 0.3) is 0 Å². The zero-order chi connectivity index (χ0) is 20.1. The summed E-state index contributed by atoms with van der Waals surface area (Å²) in [4.78, 5) is 22.6. The Morgan fingerprint density at radius 1 is 1.19 bits per heavy atom. The summed E-state index contributed by atoms with van der Waals surface area (Å²) in [5.74, 6) is -1.26. The van der Waals surface area contributed by atoms with Crippen molar-refractivity contribution >= 4 is 11.8 Å². The van der Waals surface area contributed by atoms with Crippen LogP contribution in [-0.4, -0.2) is 39.3 Å². The third kappa shape index (κ3) is 9.87. The van der Waals surface area contributed by atoms with Crippen molar-refractivity contribution in [3.8, 4) is 0 Å². The molecule has 4 atom stereocenters. The second-order valence-electron chi connectivity index (χ2n) is 7.57. The summed E-state index contributed by atoms with van der Waals surface area (Å²) in [7, 11) is 0. The first kappa shape index (κ1) is 23.6. The molecule has 3 N–H and O–H groups in total. The lowest BCUT2D eigenvalue weighted by Crippen LogP contribution is -2.18. The maximum atomic E-state index is 12.2. The number of carboxylic acids is 1. The highest BCUT2D eigenvalue weighted by Gasteiger charge is 2.39. The number of carbonyl (C=O) groups is 2. The van der Waals surface area contributed by atoms with Crippen LogP contribution in [0.2, 0.25) is 0 Å². The number of ketones is 1. The zero-order valence-corrected chi connectivity index (χ0v) is 16.6. The van der Waals surface area contributed by atoms with Crippen molar-refractivity contribution < 1.29 is 24.9 Å². The molecule has 0 spiro atoms. The molecule has 1 rings (SSSR count). The molecule has 5 nitrogen and oxygen atoms in total. The molecule has 0 bridgehead atoms. The van der Waals surface area contributed by atoms with Crippen LogP contribution in [0.3, 0.4) is 0 Å². The van der Waals surface area contributed by atoms with Gasteiger partial charge >= 0.3 is 5.97 Å². The third-order valence-corrected chi connectivity index (χ3v) is 5.21. The van der Waals surface area contributed by atoms with Crippen LogP contribution in [-0.2, 0) is 9.59 Å². The summed E-state index contributed by atoms with van der Waals surface area (Å²) in [5, 5.41) is 28.9. The molecule has 0 saturated heterocycles. The Hall–Kier alpha value is -1.46. The second-order valence-corrected chi connectivity index (χ2v) is 7.57. The van der Waals surface area contributed by atoms with Crippen LogP contribution in [0.5, 0.6) is 0 Å². The van der Waals surface area contributed by atoms with Crippen molar-refractivity contribution in [2.24, 2.45) is 11.8 Å². The van der Waals surface area contributed by atoms with Crippen LogP contribution >= 0.6 is 0 Å². The highest BCUT2D eigenvalue weighted by atomic mass is 16.4. The second kappa shape index (κ2) is 13.7. The van der Waals surface area contributed by atoms with E-state index in [-0.39, 0.29) is 30.5 Å². The van der Waals surface area contributed by atoms with E-state index < -0.39 is 18.2 Å². The first-order chi connectivity index (χ1) is 13.0. The fourth-order valence-corrected chi connectivity index (χ4v) is 3.57. The van der Waals surface area contributed by atoms with E-state index in [9.17, 15) is 19.8 Å². The zero-order valence-electron chi connectivity index (χ0n) is 16.6. The Bertz CT molecular complexity index is 497. The maximum absolute atomic E-state index is 12.2. The lowest BCUT2D eigenvalue weighted by molar-refractivity contribution is -0.137. The Kier molecular flexibility index (Phi) is 11.9. The number of aliphatic hydroxyl groups excluding tert-OH is 2. The molecule has 0 aromatic rings. The molecule has 0 amide bonds. The normalized spacial score (nSPS) is 24.3. The van der Waals surface area contributed by atoms with Gasteiger partial charge in [-0.15, -0.1) is 0 Å². The predicted octanol–water partition coefficient (Wildman–Crippen LogP) is 4.03. The molecule has 1 saturated carbocycles. The first-order valence-corrected chi connectivity index (χ1v) is 10.4. The Morgan fingerprint density at radius 2 is 1.93 bits per heavy atom. The molecular weight excluding hydrogens is 344 g/mol. The Labute approximate surface area is 163 Å². The number of hydrogen-bond acceptors (Lipinski definition) is 4. The van der Waals surface area contributed by atoms with Crippen LogP contribution in [0.1, 0.15) is 77.6 Å². The largest absolute Gasteiger partial charge is 0.481 e. The van der Waals surface area contributed by atoms with E-state index in [1.165, 1.54) is 19.3 Å². The minimum atomic E-state index is -0.799. The number of allylic oxidation sites excluding steroid dienone is 2. The van der Waals surface area contributed by atoms with E-state index >= 15 is 0 Å². The summed E-state index contributed by atoms with van der Waals surface area (Å²) in [5.41, 5.74) is 0. The van der Waals surface area contributed by atoms with Crippen molar-refractivity contribution in [2.75, 3.05) is 0 Å². The Morgan fingerprint density at radius 3 is 2.63 bits per heavy atom. The van der Waals surface area contributed by atoms with Gasteiger partial charge in [0.1, 0.15) is 5.78 Å². The van der Waals surface area contributed by atoms with Crippen molar-refractivity contribution in [3.63, 3.8) is 0 Å². The third-order valence-electron chi connectivity index (χ3n) is 5.21. The SMILES string of the molecule is CCCCCCCC(O)/C=C/[C@H]1C(O)CC(=O)[C@@H]1C/C=C\CCCC(=O)O. The highest BCUT2D eigenvalue weighted by molar-refractivity contribution is 5.84. The number of carboxylic acid groups (broad SMARTS) is 1. The summed E-state index contributed by atoms with van der Waals surface area (Å²) < 4.78 is 0. The van der Waals surface area contributed by atoms with Crippen molar-refractivity contribution in [3.05, 3.63) is 24.3 Å². The van der Waals surface area contributed by atoms with E-state index in [0.29, 0.717) is 25.7 Å².